The maximum Gasteiger partial charge on any atom is 0.195 e. The van der Waals surface area contributed by atoms with Gasteiger partial charge in [-0.05, 0) is 62.0 Å². The fraction of sp³-hybridized carbons (Fsp3) is 0.739. The van der Waals surface area contributed by atoms with Gasteiger partial charge in [0.15, 0.2) is 12.1 Å². The molecule has 6 nitrogen and oxygen atoms in total. The fourth-order valence-corrected chi connectivity index (χ4v) is 6.52. The van der Waals surface area contributed by atoms with E-state index in [4.69, 9.17) is 23.7 Å². The number of ether oxygens (including phenoxy) is 5. The first kappa shape index (κ1) is 19.6. The maximum absolute atomic E-state index is 10.8. The van der Waals surface area contributed by atoms with Gasteiger partial charge in [-0.3, -0.25) is 0 Å². The van der Waals surface area contributed by atoms with Crippen LogP contribution >= 0.6 is 0 Å². The second-order valence-corrected chi connectivity index (χ2v) is 9.46. The van der Waals surface area contributed by atoms with Crippen LogP contribution in [0.15, 0.2) is 18.2 Å². The van der Waals surface area contributed by atoms with Crippen LogP contribution in [0.25, 0.3) is 0 Å². The molecular weight excluding hydrogens is 372 g/mol. The third kappa shape index (κ3) is 2.55. The van der Waals surface area contributed by atoms with E-state index in [0.717, 1.165) is 29.9 Å². The Morgan fingerprint density at radius 3 is 2.62 bits per heavy atom. The number of methoxy groups -OCH3 is 2. The summed E-state index contributed by atoms with van der Waals surface area (Å²) >= 11 is 0. The van der Waals surface area contributed by atoms with Crippen LogP contribution in [0.3, 0.4) is 0 Å². The van der Waals surface area contributed by atoms with Crippen molar-refractivity contribution in [2.75, 3.05) is 14.2 Å². The second-order valence-electron chi connectivity index (χ2n) is 9.46. The smallest absolute Gasteiger partial charge is 0.195 e. The van der Waals surface area contributed by atoms with Crippen molar-refractivity contribution in [2.24, 2.45) is 23.7 Å². The molecule has 1 aromatic carbocycles. The Bertz CT molecular complexity index is 798. The van der Waals surface area contributed by atoms with Crippen LogP contribution in [0.4, 0.5) is 0 Å². The predicted molar refractivity (Wildman–Crippen MR) is 106 cm³/mol. The van der Waals surface area contributed by atoms with E-state index in [1.807, 2.05) is 25.1 Å². The van der Waals surface area contributed by atoms with Crippen molar-refractivity contribution < 1.29 is 28.8 Å². The molecule has 0 aromatic heterocycles. The van der Waals surface area contributed by atoms with Gasteiger partial charge in [-0.1, -0.05) is 13.8 Å². The molecule has 4 fully saturated rings. The molecule has 9 atom stereocenters. The van der Waals surface area contributed by atoms with Crippen LogP contribution in [0.5, 0.6) is 11.5 Å². The molecule has 1 aromatic rings. The highest BCUT2D eigenvalue weighted by atomic mass is 16.8. The summed E-state index contributed by atoms with van der Waals surface area (Å²) < 4.78 is 30.6. The molecule has 5 rings (SSSR count). The summed E-state index contributed by atoms with van der Waals surface area (Å²) in [7, 11) is 3.32. The largest absolute Gasteiger partial charge is 0.497 e. The van der Waals surface area contributed by atoms with Gasteiger partial charge in [-0.15, -0.1) is 0 Å². The molecule has 1 saturated carbocycles. The third-order valence-electron chi connectivity index (χ3n) is 8.08. The molecule has 1 spiro atoms. The lowest BCUT2D eigenvalue weighted by atomic mass is 9.56. The molecule has 3 heterocycles. The highest BCUT2D eigenvalue weighted by Gasteiger charge is 2.73. The molecule has 3 saturated heterocycles. The average molecular weight is 405 g/mol. The van der Waals surface area contributed by atoms with E-state index in [0.29, 0.717) is 18.3 Å². The summed E-state index contributed by atoms with van der Waals surface area (Å²) in [6.07, 6.45) is 1.61. The zero-order valence-corrected chi connectivity index (χ0v) is 17.9. The molecule has 2 bridgehead atoms. The van der Waals surface area contributed by atoms with Crippen molar-refractivity contribution in [3.8, 4) is 11.5 Å². The number of fused-ring (bicyclic) bond motifs is 1. The number of aliphatic hydroxyl groups excluding tert-OH is 1. The zero-order chi connectivity index (χ0) is 20.6. The number of benzene rings is 1. The van der Waals surface area contributed by atoms with Gasteiger partial charge < -0.3 is 28.8 Å². The molecule has 3 aliphatic heterocycles. The van der Waals surface area contributed by atoms with E-state index >= 15 is 0 Å². The van der Waals surface area contributed by atoms with E-state index in [1.54, 1.807) is 14.2 Å². The topological polar surface area (TPSA) is 66.4 Å². The predicted octanol–water partition coefficient (Wildman–Crippen LogP) is 3.67. The van der Waals surface area contributed by atoms with Crippen molar-refractivity contribution in [1.29, 1.82) is 0 Å². The quantitative estimate of drug-likeness (QED) is 0.829. The van der Waals surface area contributed by atoms with Crippen molar-refractivity contribution in [2.45, 2.75) is 69.9 Å². The van der Waals surface area contributed by atoms with Crippen LogP contribution in [-0.2, 0) is 14.2 Å². The highest BCUT2D eigenvalue weighted by molar-refractivity contribution is 5.43. The Kier molecular flexibility index (Phi) is 4.45. The summed E-state index contributed by atoms with van der Waals surface area (Å²) in [6.45, 7) is 6.38. The lowest BCUT2D eigenvalue weighted by molar-refractivity contribution is -0.305. The first-order valence-electron chi connectivity index (χ1n) is 10.8. The minimum atomic E-state index is -1.00. The first-order chi connectivity index (χ1) is 13.8. The van der Waals surface area contributed by atoms with Gasteiger partial charge in [0, 0.05) is 11.6 Å². The molecule has 0 amide bonds. The molecule has 0 radical (unpaired) electrons. The van der Waals surface area contributed by atoms with Crippen molar-refractivity contribution >= 4 is 0 Å². The Morgan fingerprint density at radius 1 is 1.10 bits per heavy atom. The van der Waals surface area contributed by atoms with Gasteiger partial charge in [-0.25, -0.2) is 0 Å². The van der Waals surface area contributed by atoms with Gasteiger partial charge in [0.25, 0.3) is 0 Å². The molecule has 4 aliphatic rings. The molecule has 6 heteroatoms. The van der Waals surface area contributed by atoms with Gasteiger partial charge in [-0.2, -0.15) is 0 Å². The minimum Gasteiger partial charge on any atom is -0.497 e. The Hall–Kier alpha value is -1.34. The molecule has 29 heavy (non-hydrogen) atoms. The minimum absolute atomic E-state index is 0.172. The van der Waals surface area contributed by atoms with Crippen LogP contribution in [0.1, 0.15) is 51.7 Å². The Balaban J connectivity index is 1.57. The van der Waals surface area contributed by atoms with Crippen molar-refractivity contribution in [3.63, 3.8) is 0 Å². The zero-order valence-electron chi connectivity index (χ0n) is 17.9. The fourth-order valence-electron chi connectivity index (χ4n) is 6.52. The summed E-state index contributed by atoms with van der Waals surface area (Å²) in [5.41, 5.74) is 0.517. The molecule has 160 valence electrons. The monoisotopic (exact) mass is 404 g/mol. The summed E-state index contributed by atoms with van der Waals surface area (Å²) in [5.74, 6) is 1.73. The third-order valence-corrected chi connectivity index (χ3v) is 8.08. The van der Waals surface area contributed by atoms with E-state index in [1.165, 1.54) is 0 Å². The molecular formula is C23H32O6. The normalized spacial score (nSPS) is 48.1. The average Bonchev–Trinajstić information content (AvgIpc) is 2.98. The van der Waals surface area contributed by atoms with E-state index in [2.05, 4.69) is 13.8 Å². The highest BCUT2D eigenvalue weighted by Crippen LogP contribution is 2.65. The number of hydrogen-bond acceptors (Lipinski definition) is 6. The molecule has 1 aliphatic carbocycles. The molecule has 0 unspecified atom stereocenters. The standard InChI is InChI=1S/C23H32O6/c1-12-6-9-16-13(2)20(15-8-7-14(25-4)10-18(15)26-5)27-21-23(16)17(12)11-19(24)22(3,28-21)29-23/h7-8,10,12-13,16-17,19-21,24H,6,9,11H2,1-5H3/t12-,13+,16+,17+,19-,20-,21-,22-,23+/m1/s1. The van der Waals surface area contributed by atoms with E-state index < -0.39 is 23.8 Å². The lowest BCUT2D eigenvalue weighted by Gasteiger charge is -2.59. The van der Waals surface area contributed by atoms with Crippen molar-refractivity contribution in [1.82, 2.24) is 0 Å². The Labute approximate surface area is 172 Å². The maximum atomic E-state index is 10.8. The van der Waals surface area contributed by atoms with Gasteiger partial charge in [0.2, 0.25) is 0 Å². The van der Waals surface area contributed by atoms with Gasteiger partial charge in [0.05, 0.1) is 20.3 Å². The summed E-state index contributed by atoms with van der Waals surface area (Å²) in [4.78, 5) is 0. The van der Waals surface area contributed by atoms with Gasteiger partial charge in [0.1, 0.15) is 23.2 Å². The summed E-state index contributed by atoms with van der Waals surface area (Å²) in [5, 5.41) is 10.8. The first-order valence-corrected chi connectivity index (χ1v) is 10.8. The van der Waals surface area contributed by atoms with Crippen LogP contribution in [-0.4, -0.2) is 43.1 Å². The molecule has 1 N–H and O–H groups in total. The number of hydrogen-bond donors (Lipinski definition) is 1. The second kappa shape index (κ2) is 6.58. The van der Waals surface area contributed by atoms with E-state index in [-0.39, 0.29) is 17.9 Å². The lowest BCUT2D eigenvalue weighted by Crippen LogP contribution is -2.66. The van der Waals surface area contributed by atoms with Crippen LogP contribution in [0.2, 0.25) is 0 Å². The van der Waals surface area contributed by atoms with Crippen LogP contribution in [0, 0.1) is 23.7 Å². The van der Waals surface area contributed by atoms with Gasteiger partial charge >= 0.3 is 0 Å². The van der Waals surface area contributed by atoms with E-state index in [9.17, 15) is 5.11 Å². The number of aliphatic hydroxyl groups is 1. The Morgan fingerprint density at radius 2 is 1.90 bits per heavy atom. The van der Waals surface area contributed by atoms with Crippen LogP contribution < -0.4 is 9.47 Å². The number of rotatable bonds is 3. The summed E-state index contributed by atoms with van der Waals surface area (Å²) in [6, 6.07) is 5.87. The SMILES string of the molecule is COc1ccc([C@@H]2O[C@@H]3O[C@]4(C)O[C@]35[C@@H](CC[C@@H](C)[C@@H]5C[C@H]4O)[C@@H]2C)c(OC)c1. The van der Waals surface area contributed by atoms with Crippen molar-refractivity contribution in [3.05, 3.63) is 23.8 Å².